The lowest BCUT2D eigenvalue weighted by Gasteiger charge is -2.16. The smallest absolute Gasteiger partial charge is 0.169 e. The lowest BCUT2D eigenvalue weighted by atomic mass is 9.94. The molecule has 56 valence electrons. The number of rotatable bonds is 3. The van der Waals surface area contributed by atoms with Crippen LogP contribution in [0.4, 0.5) is 0 Å². The van der Waals surface area contributed by atoms with Gasteiger partial charge in [0.15, 0.2) is 5.60 Å². The average molecular weight is 139 g/mol. The van der Waals surface area contributed by atoms with Crippen molar-refractivity contribution in [1.82, 2.24) is 0 Å². The molecule has 0 fully saturated rings. The van der Waals surface area contributed by atoms with Gasteiger partial charge in [0.2, 0.25) is 0 Å². The Kier molecular flexibility index (Phi) is 3.11. The van der Waals surface area contributed by atoms with Gasteiger partial charge in [0, 0.05) is 0 Å². The first-order chi connectivity index (χ1) is 4.54. The Morgan fingerprint density at radius 1 is 1.80 bits per heavy atom. The molecule has 0 rings (SSSR count). The molecule has 0 amide bonds. The molecule has 2 heteroatoms. The number of hydrogen-bond acceptors (Lipinski definition) is 2. The van der Waals surface area contributed by atoms with Crippen molar-refractivity contribution in [2.75, 3.05) is 0 Å². The van der Waals surface area contributed by atoms with Crippen LogP contribution in [0.5, 0.6) is 0 Å². The maximum absolute atomic E-state index is 9.32. The Labute approximate surface area is 61.8 Å². The lowest BCUT2D eigenvalue weighted by Crippen LogP contribution is -2.24. The highest BCUT2D eigenvalue weighted by atomic mass is 16.3. The summed E-state index contributed by atoms with van der Waals surface area (Å²) in [6.07, 6.45) is 1.74. The fourth-order valence-corrected chi connectivity index (χ4v) is 0.797. The first-order valence-electron chi connectivity index (χ1n) is 3.31. The van der Waals surface area contributed by atoms with Gasteiger partial charge in [0.05, 0.1) is 0 Å². The molecular weight excluding hydrogens is 126 g/mol. The van der Waals surface area contributed by atoms with Crippen LogP contribution in [0.25, 0.3) is 0 Å². The van der Waals surface area contributed by atoms with E-state index in [9.17, 15) is 5.11 Å². The summed E-state index contributed by atoms with van der Waals surface area (Å²) in [5.74, 6) is 0.308. The van der Waals surface area contributed by atoms with Gasteiger partial charge in [-0.2, -0.15) is 5.26 Å². The minimum atomic E-state index is -1.33. The predicted molar refractivity (Wildman–Crippen MR) is 40.2 cm³/mol. The molecule has 2 nitrogen and oxygen atoms in total. The topological polar surface area (TPSA) is 44.0 Å². The molecule has 10 heavy (non-hydrogen) atoms. The van der Waals surface area contributed by atoms with Crippen LogP contribution in [0.3, 0.4) is 0 Å². The minimum Gasteiger partial charge on any atom is -0.372 e. The van der Waals surface area contributed by atoms with Crippen LogP contribution in [-0.2, 0) is 0 Å². The average Bonchev–Trinajstić information content (AvgIpc) is 1.87. The molecule has 0 radical (unpaired) electrons. The number of aliphatic hydroxyl groups is 1. The summed E-state index contributed by atoms with van der Waals surface area (Å²) < 4.78 is 0. The molecule has 0 aliphatic heterocycles. The minimum absolute atomic E-state index is 0.308. The Hall–Kier alpha value is -0.810. The highest BCUT2D eigenvalue weighted by Gasteiger charge is 2.22. The van der Waals surface area contributed by atoms with E-state index in [1.165, 1.54) is 6.08 Å². The zero-order chi connectivity index (χ0) is 8.20. The zero-order valence-corrected chi connectivity index (χ0v) is 6.46. The molecule has 0 bridgehead atoms. The van der Waals surface area contributed by atoms with E-state index in [1.54, 1.807) is 6.07 Å². The summed E-state index contributed by atoms with van der Waals surface area (Å²) in [6.45, 7) is 7.28. The van der Waals surface area contributed by atoms with Gasteiger partial charge in [-0.3, -0.25) is 0 Å². The van der Waals surface area contributed by atoms with Crippen LogP contribution >= 0.6 is 0 Å². The van der Waals surface area contributed by atoms with Gasteiger partial charge in [-0.05, 0) is 18.4 Å². The summed E-state index contributed by atoms with van der Waals surface area (Å²) in [4.78, 5) is 0. The fourth-order valence-electron chi connectivity index (χ4n) is 0.797. The van der Waals surface area contributed by atoms with E-state index in [1.807, 2.05) is 13.8 Å². The van der Waals surface area contributed by atoms with Gasteiger partial charge < -0.3 is 5.11 Å². The molecule has 1 unspecified atom stereocenters. The van der Waals surface area contributed by atoms with Crippen molar-refractivity contribution in [1.29, 1.82) is 5.26 Å². The van der Waals surface area contributed by atoms with Crippen LogP contribution in [0.1, 0.15) is 20.3 Å². The van der Waals surface area contributed by atoms with Gasteiger partial charge in [-0.1, -0.05) is 20.4 Å². The first kappa shape index (κ1) is 9.19. The predicted octanol–water partition coefficient (Wildman–Crippen LogP) is 1.47. The van der Waals surface area contributed by atoms with Crippen molar-refractivity contribution in [3.05, 3.63) is 12.7 Å². The Bertz CT molecular complexity index is 157. The molecular formula is C8H13NO. The summed E-state index contributed by atoms with van der Waals surface area (Å²) in [5, 5.41) is 17.8. The standard InChI is InChI=1S/C8H13NO/c1-4-8(10,6-9)5-7(2)3/h4,7,10H,1,5H2,2-3H3. The molecule has 0 heterocycles. The van der Waals surface area contributed by atoms with Crippen molar-refractivity contribution in [2.45, 2.75) is 25.9 Å². The van der Waals surface area contributed by atoms with Crippen LogP contribution in [0, 0.1) is 17.2 Å². The van der Waals surface area contributed by atoms with E-state index in [-0.39, 0.29) is 0 Å². The Morgan fingerprint density at radius 2 is 2.30 bits per heavy atom. The molecule has 0 aliphatic carbocycles. The summed E-state index contributed by atoms with van der Waals surface area (Å²) in [7, 11) is 0. The van der Waals surface area contributed by atoms with Crippen molar-refractivity contribution in [2.24, 2.45) is 5.92 Å². The lowest BCUT2D eigenvalue weighted by molar-refractivity contribution is 0.125. The molecule has 0 aliphatic rings. The van der Waals surface area contributed by atoms with Gasteiger partial charge >= 0.3 is 0 Å². The Morgan fingerprint density at radius 3 is 2.40 bits per heavy atom. The van der Waals surface area contributed by atoms with Crippen molar-refractivity contribution >= 4 is 0 Å². The third kappa shape index (κ3) is 2.65. The van der Waals surface area contributed by atoms with Gasteiger partial charge in [0.25, 0.3) is 0 Å². The maximum atomic E-state index is 9.32. The van der Waals surface area contributed by atoms with E-state index in [0.717, 1.165) is 0 Å². The number of nitrogens with zero attached hydrogens (tertiary/aromatic N) is 1. The zero-order valence-electron chi connectivity index (χ0n) is 6.46. The highest BCUT2D eigenvalue weighted by molar-refractivity contribution is 5.11. The third-order valence-corrected chi connectivity index (χ3v) is 1.25. The third-order valence-electron chi connectivity index (χ3n) is 1.25. The summed E-state index contributed by atoms with van der Waals surface area (Å²) >= 11 is 0. The molecule has 0 saturated heterocycles. The van der Waals surface area contributed by atoms with Crippen LogP contribution in [0.15, 0.2) is 12.7 Å². The van der Waals surface area contributed by atoms with Gasteiger partial charge in [-0.25, -0.2) is 0 Å². The maximum Gasteiger partial charge on any atom is 0.169 e. The van der Waals surface area contributed by atoms with Crippen LogP contribution in [-0.4, -0.2) is 10.7 Å². The largest absolute Gasteiger partial charge is 0.372 e. The highest BCUT2D eigenvalue weighted by Crippen LogP contribution is 2.16. The molecule has 0 aromatic carbocycles. The molecule has 0 spiro atoms. The normalized spacial score (nSPS) is 15.9. The van der Waals surface area contributed by atoms with Crippen molar-refractivity contribution in [3.8, 4) is 6.07 Å². The van der Waals surface area contributed by atoms with Gasteiger partial charge in [-0.15, -0.1) is 0 Å². The van der Waals surface area contributed by atoms with Crippen LogP contribution in [0.2, 0.25) is 0 Å². The molecule has 1 atom stereocenters. The number of hydrogen-bond donors (Lipinski definition) is 1. The van der Waals surface area contributed by atoms with E-state index >= 15 is 0 Å². The molecule has 0 saturated carbocycles. The van der Waals surface area contributed by atoms with Crippen molar-refractivity contribution < 1.29 is 5.11 Å². The number of nitriles is 1. The second-order valence-electron chi connectivity index (χ2n) is 2.84. The second-order valence-corrected chi connectivity index (χ2v) is 2.84. The SMILES string of the molecule is C=CC(O)(C#N)CC(C)C. The molecule has 0 aromatic rings. The van der Waals surface area contributed by atoms with E-state index in [4.69, 9.17) is 5.26 Å². The Balaban J connectivity index is 4.10. The summed E-state index contributed by atoms with van der Waals surface area (Å²) in [6, 6.07) is 1.80. The van der Waals surface area contributed by atoms with E-state index in [0.29, 0.717) is 12.3 Å². The first-order valence-corrected chi connectivity index (χ1v) is 3.31. The molecule has 1 N–H and O–H groups in total. The van der Waals surface area contributed by atoms with E-state index in [2.05, 4.69) is 6.58 Å². The van der Waals surface area contributed by atoms with E-state index < -0.39 is 5.60 Å². The quantitative estimate of drug-likeness (QED) is 0.475. The fraction of sp³-hybridized carbons (Fsp3) is 0.625. The van der Waals surface area contributed by atoms with Crippen molar-refractivity contribution in [3.63, 3.8) is 0 Å². The van der Waals surface area contributed by atoms with Crippen LogP contribution < -0.4 is 0 Å². The monoisotopic (exact) mass is 139 g/mol. The van der Waals surface area contributed by atoms with Gasteiger partial charge in [0.1, 0.15) is 6.07 Å². The second kappa shape index (κ2) is 3.38. The summed E-state index contributed by atoms with van der Waals surface area (Å²) in [5.41, 5.74) is -1.33. The molecule has 0 aromatic heterocycles.